The summed E-state index contributed by atoms with van der Waals surface area (Å²) in [6, 6.07) is 21.2. The minimum atomic E-state index is -0.930. The Bertz CT molecular complexity index is 1430. The first kappa shape index (κ1) is 26.2. The fourth-order valence-corrected chi connectivity index (χ4v) is 5.12. The Morgan fingerprint density at radius 1 is 1.03 bits per heavy atom. The van der Waals surface area contributed by atoms with E-state index in [1.165, 1.54) is 0 Å². The lowest BCUT2D eigenvalue weighted by atomic mass is 10.0. The maximum atomic E-state index is 14.2. The molecule has 1 saturated carbocycles. The molecular weight excluding hydrogens is 494 g/mol. The van der Waals surface area contributed by atoms with E-state index in [1.54, 1.807) is 34.9 Å². The van der Waals surface area contributed by atoms with Gasteiger partial charge in [-0.1, -0.05) is 42.3 Å². The summed E-state index contributed by atoms with van der Waals surface area (Å²) in [4.78, 5) is 29.7. The average Bonchev–Trinajstić information content (AvgIpc) is 3.62. The Morgan fingerprint density at radius 2 is 1.79 bits per heavy atom. The first-order valence-electron chi connectivity index (χ1n) is 13.3. The molecule has 1 aromatic heterocycles. The molecule has 5 rings (SSSR count). The number of hydrogen-bond donors (Lipinski definition) is 1. The zero-order chi connectivity index (χ0) is 27.2. The maximum absolute atomic E-state index is 14.2. The Balaban J connectivity index is 1.57. The van der Waals surface area contributed by atoms with Gasteiger partial charge in [-0.25, -0.2) is 4.68 Å². The molecule has 0 saturated heterocycles. The summed E-state index contributed by atoms with van der Waals surface area (Å²) in [5, 5.41) is 11.6. The molecule has 9 heteroatoms. The van der Waals surface area contributed by atoms with Crippen LogP contribution in [0.4, 0.5) is 5.69 Å². The summed E-state index contributed by atoms with van der Waals surface area (Å²) in [5.74, 6) is 0.752. The van der Waals surface area contributed by atoms with Crippen molar-refractivity contribution in [2.75, 3.05) is 18.6 Å². The topological polar surface area (TPSA) is 98.6 Å². The molecule has 2 amide bonds. The third-order valence-corrected chi connectivity index (χ3v) is 7.02. The third-order valence-electron chi connectivity index (χ3n) is 7.02. The van der Waals surface area contributed by atoms with Gasteiger partial charge in [-0.05, 0) is 73.9 Å². The highest BCUT2D eigenvalue weighted by Crippen LogP contribution is 2.32. The van der Waals surface area contributed by atoms with E-state index in [1.807, 2.05) is 61.5 Å². The summed E-state index contributed by atoms with van der Waals surface area (Å²) in [7, 11) is 1.58. The van der Waals surface area contributed by atoms with Crippen LogP contribution in [0, 0.1) is 0 Å². The lowest BCUT2D eigenvalue weighted by molar-refractivity contribution is -0.127. The van der Waals surface area contributed by atoms with Crippen molar-refractivity contribution >= 4 is 28.5 Å². The fourth-order valence-electron chi connectivity index (χ4n) is 5.12. The second-order valence-corrected chi connectivity index (χ2v) is 9.60. The van der Waals surface area contributed by atoms with E-state index < -0.39 is 6.04 Å². The minimum absolute atomic E-state index is 0.0853. The van der Waals surface area contributed by atoms with Crippen LogP contribution in [0.1, 0.15) is 44.2 Å². The number of rotatable bonds is 10. The standard InChI is InChI=1S/C30H33N5O4/c1-3-39-24-17-15-23(16-18-24)35(28(36)20-34-27-14-7-6-13-26(27)32-33-34)29(21-9-8-12-25(19-21)38-2)30(37)31-22-10-4-5-11-22/h6-9,12-19,22,29H,3-5,10-11,20H2,1-2H3,(H,31,37). The highest BCUT2D eigenvalue weighted by atomic mass is 16.5. The van der Waals surface area contributed by atoms with Crippen LogP contribution in [0.25, 0.3) is 11.0 Å². The first-order chi connectivity index (χ1) is 19.1. The van der Waals surface area contributed by atoms with Crippen molar-refractivity contribution in [2.24, 2.45) is 0 Å². The van der Waals surface area contributed by atoms with Gasteiger partial charge in [-0.2, -0.15) is 0 Å². The molecule has 9 nitrogen and oxygen atoms in total. The number of nitrogens with zero attached hydrogens (tertiary/aromatic N) is 4. The number of nitrogens with one attached hydrogen (secondary N) is 1. The van der Waals surface area contributed by atoms with E-state index in [0.29, 0.717) is 34.9 Å². The van der Waals surface area contributed by atoms with Crippen molar-refractivity contribution in [3.8, 4) is 11.5 Å². The Morgan fingerprint density at radius 3 is 2.54 bits per heavy atom. The van der Waals surface area contributed by atoms with Crippen molar-refractivity contribution in [1.29, 1.82) is 0 Å². The van der Waals surface area contributed by atoms with Crippen LogP contribution in [0.3, 0.4) is 0 Å². The quantitative estimate of drug-likeness (QED) is 0.322. The van der Waals surface area contributed by atoms with E-state index in [4.69, 9.17) is 9.47 Å². The number of carbonyl (C=O) groups is 2. The van der Waals surface area contributed by atoms with Gasteiger partial charge >= 0.3 is 0 Å². The van der Waals surface area contributed by atoms with Gasteiger partial charge < -0.3 is 14.8 Å². The van der Waals surface area contributed by atoms with E-state index in [2.05, 4.69) is 15.6 Å². The van der Waals surface area contributed by atoms with Crippen molar-refractivity contribution in [3.63, 3.8) is 0 Å². The summed E-state index contributed by atoms with van der Waals surface area (Å²) in [5.41, 5.74) is 2.66. The van der Waals surface area contributed by atoms with E-state index in [0.717, 1.165) is 31.2 Å². The molecule has 3 aromatic carbocycles. The highest BCUT2D eigenvalue weighted by molar-refractivity contribution is 6.01. The van der Waals surface area contributed by atoms with Gasteiger partial charge in [0.1, 0.15) is 29.6 Å². The Kier molecular flexibility index (Phi) is 8.05. The minimum Gasteiger partial charge on any atom is -0.497 e. The zero-order valence-corrected chi connectivity index (χ0v) is 22.2. The first-order valence-corrected chi connectivity index (χ1v) is 13.3. The second-order valence-electron chi connectivity index (χ2n) is 9.60. The molecule has 1 heterocycles. The summed E-state index contributed by atoms with van der Waals surface area (Å²) >= 11 is 0. The highest BCUT2D eigenvalue weighted by Gasteiger charge is 2.35. The smallest absolute Gasteiger partial charge is 0.249 e. The summed E-state index contributed by atoms with van der Waals surface area (Å²) in [6.07, 6.45) is 4.02. The maximum Gasteiger partial charge on any atom is 0.249 e. The van der Waals surface area contributed by atoms with Gasteiger partial charge in [0.2, 0.25) is 11.8 Å². The van der Waals surface area contributed by atoms with E-state index >= 15 is 0 Å². The van der Waals surface area contributed by atoms with Crippen LogP contribution in [-0.2, 0) is 16.1 Å². The number of methoxy groups -OCH3 is 1. The molecule has 0 spiro atoms. The van der Waals surface area contributed by atoms with Crippen LogP contribution >= 0.6 is 0 Å². The molecule has 4 aromatic rings. The molecule has 1 atom stereocenters. The molecule has 202 valence electrons. The number of amides is 2. The van der Waals surface area contributed by atoms with Crippen molar-refractivity contribution in [3.05, 3.63) is 78.4 Å². The molecule has 1 aliphatic carbocycles. The molecule has 0 bridgehead atoms. The van der Waals surface area contributed by atoms with Crippen LogP contribution in [-0.4, -0.2) is 46.6 Å². The normalized spacial score (nSPS) is 14.2. The van der Waals surface area contributed by atoms with Gasteiger partial charge in [-0.3, -0.25) is 14.5 Å². The van der Waals surface area contributed by atoms with E-state index in [9.17, 15) is 9.59 Å². The predicted octanol–water partition coefficient (Wildman–Crippen LogP) is 4.67. The summed E-state index contributed by atoms with van der Waals surface area (Å²) < 4.78 is 12.7. The summed E-state index contributed by atoms with van der Waals surface area (Å²) in [6.45, 7) is 2.35. The van der Waals surface area contributed by atoms with Crippen LogP contribution in [0.5, 0.6) is 11.5 Å². The average molecular weight is 528 g/mol. The number of carbonyl (C=O) groups excluding carboxylic acids is 2. The molecule has 1 unspecified atom stereocenters. The van der Waals surface area contributed by atoms with Crippen molar-refractivity contribution in [2.45, 2.75) is 51.2 Å². The molecule has 0 radical (unpaired) electrons. The third kappa shape index (κ3) is 5.87. The van der Waals surface area contributed by atoms with Gasteiger partial charge in [0, 0.05) is 11.7 Å². The number of fused-ring (bicyclic) bond motifs is 1. The van der Waals surface area contributed by atoms with Crippen LogP contribution < -0.4 is 19.7 Å². The number of benzene rings is 3. The lowest BCUT2D eigenvalue weighted by Crippen LogP contribution is -2.47. The number of para-hydroxylation sites is 1. The predicted molar refractivity (Wildman–Crippen MR) is 149 cm³/mol. The Labute approximate surface area is 227 Å². The Hall–Kier alpha value is -4.40. The monoisotopic (exact) mass is 527 g/mol. The molecule has 1 N–H and O–H groups in total. The lowest BCUT2D eigenvalue weighted by Gasteiger charge is -2.32. The zero-order valence-electron chi connectivity index (χ0n) is 22.2. The van der Waals surface area contributed by atoms with Gasteiger partial charge in [0.25, 0.3) is 0 Å². The van der Waals surface area contributed by atoms with Crippen molar-refractivity contribution in [1.82, 2.24) is 20.3 Å². The van der Waals surface area contributed by atoms with Crippen molar-refractivity contribution < 1.29 is 19.1 Å². The number of hydrogen-bond acceptors (Lipinski definition) is 6. The molecular formula is C30H33N5O4. The number of ether oxygens (including phenoxy) is 2. The molecule has 1 aliphatic rings. The SMILES string of the molecule is CCOc1ccc(N(C(=O)Cn2nnc3ccccc32)C(C(=O)NC2CCCC2)c2cccc(OC)c2)cc1. The molecule has 0 aliphatic heterocycles. The molecule has 1 fully saturated rings. The number of aromatic nitrogens is 3. The van der Waals surface area contributed by atoms with E-state index in [-0.39, 0.29) is 24.4 Å². The largest absolute Gasteiger partial charge is 0.497 e. The fraction of sp³-hybridized carbons (Fsp3) is 0.333. The second kappa shape index (κ2) is 12.0. The van der Waals surface area contributed by atoms with Gasteiger partial charge in [-0.15, -0.1) is 5.10 Å². The number of anilines is 1. The van der Waals surface area contributed by atoms with Crippen LogP contribution in [0.15, 0.2) is 72.8 Å². The van der Waals surface area contributed by atoms with Crippen LogP contribution in [0.2, 0.25) is 0 Å². The molecule has 39 heavy (non-hydrogen) atoms. The van der Waals surface area contributed by atoms with Gasteiger partial charge in [0.05, 0.1) is 19.2 Å². The van der Waals surface area contributed by atoms with Gasteiger partial charge in [0.15, 0.2) is 0 Å².